The van der Waals surface area contributed by atoms with E-state index in [1.807, 2.05) is 0 Å². The molecule has 0 spiro atoms. The molecule has 1 unspecified atom stereocenters. The van der Waals surface area contributed by atoms with Crippen LogP contribution in [0.3, 0.4) is 0 Å². The second-order valence-corrected chi connectivity index (χ2v) is 5.65. The number of likely N-dealkylation sites (tertiary alicyclic amines) is 1. The van der Waals surface area contributed by atoms with Crippen molar-refractivity contribution in [3.05, 3.63) is 0 Å². The third-order valence-corrected chi connectivity index (χ3v) is 3.97. The molecule has 0 amide bonds. The van der Waals surface area contributed by atoms with E-state index in [0.717, 1.165) is 12.0 Å². The first-order valence-electron chi connectivity index (χ1n) is 6.73. The maximum atomic E-state index is 3.57. The molecule has 0 bridgehead atoms. The standard InChI is InChI=1S/C13H26N2/c1-11(2)14-9-12-7-8-15(10-12)13-5-3-4-6-13/h11-14H,3-10H2,1-2H3. The lowest BCUT2D eigenvalue weighted by molar-refractivity contribution is 0.236. The van der Waals surface area contributed by atoms with Gasteiger partial charge in [0.25, 0.3) is 0 Å². The summed E-state index contributed by atoms with van der Waals surface area (Å²) in [5.41, 5.74) is 0. The lowest BCUT2D eigenvalue weighted by Gasteiger charge is -2.23. The minimum Gasteiger partial charge on any atom is -0.314 e. The van der Waals surface area contributed by atoms with Crippen LogP contribution in [0.25, 0.3) is 0 Å². The fourth-order valence-electron chi connectivity index (χ4n) is 3.03. The summed E-state index contributed by atoms with van der Waals surface area (Å²) in [7, 11) is 0. The number of nitrogens with one attached hydrogen (secondary N) is 1. The molecular formula is C13H26N2. The topological polar surface area (TPSA) is 15.3 Å². The first-order valence-corrected chi connectivity index (χ1v) is 6.73. The van der Waals surface area contributed by atoms with E-state index in [4.69, 9.17) is 0 Å². The van der Waals surface area contributed by atoms with E-state index >= 15 is 0 Å². The molecule has 2 heteroatoms. The van der Waals surface area contributed by atoms with Crippen LogP contribution < -0.4 is 5.32 Å². The van der Waals surface area contributed by atoms with Crippen molar-refractivity contribution >= 4 is 0 Å². The van der Waals surface area contributed by atoms with Crippen LogP contribution in [0.15, 0.2) is 0 Å². The van der Waals surface area contributed by atoms with Crippen LogP contribution in [0.4, 0.5) is 0 Å². The monoisotopic (exact) mass is 210 g/mol. The zero-order valence-corrected chi connectivity index (χ0v) is 10.3. The van der Waals surface area contributed by atoms with Crippen molar-refractivity contribution in [1.29, 1.82) is 0 Å². The predicted octanol–water partition coefficient (Wildman–Crippen LogP) is 2.25. The Kier molecular flexibility index (Phi) is 4.04. The highest BCUT2D eigenvalue weighted by Crippen LogP contribution is 2.28. The van der Waals surface area contributed by atoms with Crippen LogP contribution in [0.1, 0.15) is 46.0 Å². The van der Waals surface area contributed by atoms with Gasteiger partial charge in [-0.05, 0) is 38.3 Å². The molecule has 1 atom stereocenters. The minimum absolute atomic E-state index is 0.644. The average molecular weight is 210 g/mol. The molecule has 2 rings (SSSR count). The van der Waals surface area contributed by atoms with Crippen molar-refractivity contribution < 1.29 is 0 Å². The summed E-state index contributed by atoms with van der Waals surface area (Å²) in [5.74, 6) is 0.910. The van der Waals surface area contributed by atoms with Gasteiger partial charge in [-0.1, -0.05) is 26.7 Å². The summed E-state index contributed by atoms with van der Waals surface area (Å²) in [5, 5.41) is 3.57. The maximum absolute atomic E-state index is 3.57. The maximum Gasteiger partial charge on any atom is 0.00953 e. The highest BCUT2D eigenvalue weighted by molar-refractivity contribution is 4.85. The molecule has 0 aromatic rings. The van der Waals surface area contributed by atoms with Crippen LogP contribution in [-0.4, -0.2) is 36.6 Å². The first kappa shape index (κ1) is 11.4. The van der Waals surface area contributed by atoms with Gasteiger partial charge in [-0.25, -0.2) is 0 Å². The lowest BCUT2D eigenvalue weighted by Crippen LogP contribution is -2.34. The summed E-state index contributed by atoms with van der Waals surface area (Å²) in [6, 6.07) is 1.58. The van der Waals surface area contributed by atoms with Crippen LogP contribution in [-0.2, 0) is 0 Å². The van der Waals surface area contributed by atoms with Crippen molar-refractivity contribution in [3.63, 3.8) is 0 Å². The zero-order valence-electron chi connectivity index (χ0n) is 10.3. The quantitative estimate of drug-likeness (QED) is 0.765. The van der Waals surface area contributed by atoms with Gasteiger partial charge in [-0.3, -0.25) is 0 Å². The Morgan fingerprint density at radius 3 is 2.60 bits per heavy atom. The van der Waals surface area contributed by atoms with Crippen LogP contribution in [0, 0.1) is 5.92 Å². The van der Waals surface area contributed by atoms with E-state index in [1.54, 1.807) is 0 Å². The van der Waals surface area contributed by atoms with Gasteiger partial charge in [0.05, 0.1) is 0 Å². The summed E-state index contributed by atoms with van der Waals surface area (Å²) >= 11 is 0. The molecule has 1 N–H and O–H groups in total. The van der Waals surface area contributed by atoms with Crippen molar-refractivity contribution in [2.75, 3.05) is 19.6 Å². The van der Waals surface area contributed by atoms with Gasteiger partial charge in [0.2, 0.25) is 0 Å². The molecule has 2 aliphatic rings. The van der Waals surface area contributed by atoms with Gasteiger partial charge in [-0.2, -0.15) is 0 Å². The summed E-state index contributed by atoms with van der Waals surface area (Å²) < 4.78 is 0. The SMILES string of the molecule is CC(C)NCC1CCN(C2CCCC2)C1. The normalized spacial score (nSPS) is 29.4. The fraction of sp³-hybridized carbons (Fsp3) is 1.00. The van der Waals surface area contributed by atoms with Gasteiger partial charge in [0.15, 0.2) is 0 Å². The molecule has 2 nitrogen and oxygen atoms in total. The van der Waals surface area contributed by atoms with E-state index < -0.39 is 0 Å². The summed E-state index contributed by atoms with van der Waals surface area (Å²) in [6.07, 6.45) is 7.27. The molecular weight excluding hydrogens is 184 g/mol. The Morgan fingerprint density at radius 2 is 1.93 bits per heavy atom. The Balaban J connectivity index is 1.69. The molecule has 0 aromatic heterocycles. The molecule has 1 aliphatic heterocycles. The van der Waals surface area contributed by atoms with E-state index in [0.29, 0.717) is 6.04 Å². The van der Waals surface area contributed by atoms with Gasteiger partial charge in [0.1, 0.15) is 0 Å². The van der Waals surface area contributed by atoms with E-state index in [1.165, 1.54) is 51.7 Å². The molecule has 15 heavy (non-hydrogen) atoms. The molecule has 88 valence electrons. The Morgan fingerprint density at radius 1 is 1.20 bits per heavy atom. The predicted molar refractivity (Wildman–Crippen MR) is 65.1 cm³/mol. The minimum atomic E-state index is 0.644. The number of hydrogen-bond acceptors (Lipinski definition) is 2. The Labute approximate surface area is 94.4 Å². The van der Waals surface area contributed by atoms with E-state index in [9.17, 15) is 0 Å². The highest BCUT2D eigenvalue weighted by Gasteiger charge is 2.29. The van der Waals surface area contributed by atoms with Gasteiger partial charge < -0.3 is 10.2 Å². The summed E-state index contributed by atoms with van der Waals surface area (Å²) in [4.78, 5) is 2.75. The van der Waals surface area contributed by atoms with Crippen molar-refractivity contribution in [2.24, 2.45) is 5.92 Å². The summed E-state index contributed by atoms with van der Waals surface area (Å²) in [6.45, 7) is 8.41. The van der Waals surface area contributed by atoms with Crippen LogP contribution >= 0.6 is 0 Å². The second kappa shape index (κ2) is 5.31. The van der Waals surface area contributed by atoms with Gasteiger partial charge in [-0.15, -0.1) is 0 Å². The molecule has 1 saturated carbocycles. The van der Waals surface area contributed by atoms with Crippen LogP contribution in [0.5, 0.6) is 0 Å². The van der Waals surface area contributed by atoms with E-state index in [2.05, 4.69) is 24.1 Å². The molecule has 0 radical (unpaired) electrons. The third-order valence-electron chi connectivity index (χ3n) is 3.97. The second-order valence-electron chi connectivity index (χ2n) is 5.65. The van der Waals surface area contributed by atoms with E-state index in [-0.39, 0.29) is 0 Å². The number of rotatable bonds is 4. The molecule has 1 aliphatic carbocycles. The van der Waals surface area contributed by atoms with Gasteiger partial charge >= 0.3 is 0 Å². The fourth-order valence-corrected chi connectivity index (χ4v) is 3.03. The number of hydrogen-bond donors (Lipinski definition) is 1. The van der Waals surface area contributed by atoms with Crippen LogP contribution in [0.2, 0.25) is 0 Å². The number of nitrogens with zero attached hydrogens (tertiary/aromatic N) is 1. The smallest absolute Gasteiger partial charge is 0.00953 e. The zero-order chi connectivity index (χ0) is 10.7. The van der Waals surface area contributed by atoms with Gasteiger partial charge in [0, 0.05) is 18.6 Å². The molecule has 1 saturated heterocycles. The Hall–Kier alpha value is -0.0800. The van der Waals surface area contributed by atoms with Crippen molar-refractivity contribution in [1.82, 2.24) is 10.2 Å². The first-order chi connectivity index (χ1) is 7.25. The lowest BCUT2D eigenvalue weighted by atomic mass is 10.1. The molecule has 2 fully saturated rings. The average Bonchev–Trinajstić information content (AvgIpc) is 2.85. The third kappa shape index (κ3) is 3.18. The van der Waals surface area contributed by atoms with Crippen molar-refractivity contribution in [3.8, 4) is 0 Å². The molecule has 0 aromatic carbocycles. The van der Waals surface area contributed by atoms with Crippen molar-refractivity contribution in [2.45, 2.75) is 58.0 Å². The largest absolute Gasteiger partial charge is 0.314 e. The molecule has 1 heterocycles. The Bertz CT molecular complexity index is 185. The highest BCUT2D eigenvalue weighted by atomic mass is 15.2.